The van der Waals surface area contributed by atoms with Crippen molar-refractivity contribution in [1.29, 1.82) is 0 Å². The highest BCUT2D eigenvalue weighted by molar-refractivity contribution is 5.83. The molecule has 2 atom stereocenters. The second kappa shape index (κ2) is 8.11. The fourth-order valence-electron chi connectivity index (χ4n) is 3.31. The summed E-state index contributed by atoms with van der Waals surface area (Å²) in [6, 6.07) is 0.335. The lowest BCUT2D eigenvalue weighted by atomic mass is 9.80. The van der Waals surface area contributed by atoms with Crippen molar-refractivity contribution < 1.29 is 9.90 Å². The first-order chi connectivity index (χ1) is 9.93. The Hall–Kier alpha value is -0.650. The van der Waals surface area contributed by atoms with Gasteiger partial charge in [0.1, 0.15) is 0 Å². The zero-order chi connectivity index (χ0) is 16.0. The summed E-state index contributed by atoms with van der Waals surface area (Å²) in [6.07, 6.45) is 2.26. The van der Waals surface area contributed by atoms with Gasteiger partial charge in [-0.1, -0.05) is 20.8 Å². The van der Waals surface area contributed by atoms with Crippen molar-refractivity contribution in [3.05, 3.63) is 0 Å². The molecule has 21 heavy (non-hydrogen) atoms. The SMILES string of the molecule is CCC1CN(C(=O)C(CC)(CC)CN)CCN1CC(C)O. The van der Waals surface area contributed by atoms with Crippen LogP contribution in [0.1, 0.15) is 47.0 Å². The van der Waals surface area contributed by atoms with E-state index in [2.05, 4.69) is 25.7 Å². The molecular formula is C16H33N3O2. The number of nitrogens with zero attached hydrogens (tertiary/aromatic N) is 2. The van der Waals surface area contributed by atoms with E-state index in [1.54, 1.807) is 0 Å². The maximum atomic E-state index is 12.9. The normalized spacial score (nSPS) is 22.4. The summed E-state index contributed by atoms with van der Waals surface area (Å²) < 4.78 is 0. The number of hydrogen-bond donors (Lipinski definition) is 2. The molecule has 3 N–H and O–H groups in total. The van der Waals surface area contributed by atoms with Gasteiger partial charge in [0.2, 0.25) is 5.91 Å². The summed E-state index contributed by atoms with van der Waals surface area (Å²) in [7, 11) is 0. The molecule has 1 saturated heterocycles. The molecule has 5 nitrogen and oxygen atoms in total. The van der Waals surface area contributed by atoms with Crippen LogP contribution in [-0.2, 0) is 4.79 Å². The molecule has 0 saturated carbocycles. The van der Waals surface area contributed by atoms with Gasteiger partial charge in [0, 0.05) is 38.8 Å². The van der Waals surface area contributed by atoms with Crippen molar-refractivity contribution >= 4 is 5.91 Å². The molecule has 0 radical (unpaired) electrons. The minimum Gasteiger partial charge on any atom is -0.392 e. The van der Waals surface area contributed by atoms with E-state index in [1.165, 1.54) is 0 Å². The second-order valence-electron chi connectivity index (χ2n) is 6.35. The van der Waals surface area contributed by atoms with Gasteiger partial charge in [0.05, 0.1) is 11.5 Å². The van der Waals surface area contributed by atoms with Gasteiger partial charge < -0.3 is 15.7 Å². The van der Waals surface area contributed by atoms with Crippen LogP contribution in [0.5, 0.6) is 0 Å². The van der Waals surface area contributed by atoms with E-state index < -0.39 is 5.41 Å². The van der Waals surface area contributed by atoms with E-state index in [4.69, 9.17) is 5.73 Å². The molecule has 1 heterocycles. The highest BCUT2D eigenvalue weighted by Gasteiger charge is 2.39. The Labute approximate surface area is 129 Å². The van der Waals surface area contributed by atoms with Crippen LogP contribution in [0.15, 0.2) is 0 Å². The zero-order valence-corrected chi connectivity index (χ0v) is 14.1. The molecule has 1 fully saturated rings. The molecule has 1 aliphatic heterocycles. The smallest absolute Gasteiger partial charge is 0.230 e. The van der Waals surface area contributed by atoms with Crippen LogP contribution >= 0.6 is 0 Å². The predicted octanol–water partition coefficient (Wildman–Crippen LogP) is 1.06. The molecule has 0 bridgehead atoms. The maximum Gasteiger partial charge on any atom is 0.230 e. The fraction of sp³-hybridized carbons (Fsp3) is 0.938. The van der Waals surface area contributed by atoms with Crippen LogP contribution < -0.4 is 5.73 Å². The summed E-state index contributed by atoms with van der Waals surface area (Å²) in [5, 5.41) is 9.60. The number of carbonyl (C=O) groups excluding carboxylic acids is 1. The molecule has 0 aromatic heterocycles. The lowest BCUT2D eigenvalue weighted by molar-refractivity contribution is -0.145. The van der Waals surface area contributed by atoms with Crippen molar-refractivity contribution in [1.82, 2.24) is 9.80 Å². The van der Waals surface area contributed by atoms with E-state index in [-0.39, 0.29) is 12.0 Å². The Kier molecular flexibility index (Phi) is 7.10. The second-order valence-corrected chi connectivity index (χ2v) is 6.35. The molecule has 0 aliphatic carbocycles. The lowest BCUT2D eigenvalue weighted by Gasteiger charge is -2.44. The third kappa shape index (κ3) is 4.18. The van der Waals surface area contributed by atoms with Crippen LogP contribution in [0, 0.1) is 5.41 Å². The van der Waals surface area contributed by atoms with Gasteiger partial charge in [-0.25, -0.2) is 0 Å². The molecule has 0 aromatic carbocycles. The minimum absolute atomic E-state index is 0.213. The highest BCUT2D eigenvalue weighted by Crippen LogP contribution is 2.29. The van der Waals surface area contributed by atoms with E-state index >= 15 is 0 Å². The number of carbonyl (C=O) groups is 1. The fourth-order valence-corrected chi connectivity index (χ4v) is 3.31. The summed E-state index contributed by atoms with van der Waals surface area (Å²) in [5.74, 6) is 0.213. The molecule has 2 unspecified atom stereocenters. The summed E-state index contributed by atoms with van der Waals surface area (Å²) >= 11 is 0. The van der Waals surface area contributed by atoms with Gasteiger partial charge in [-0.15, -0.1) is 0 Å². The largest absolute Gasteiger partial charge is 0.392 e. The van der Waals surface area contributed by atoms with Gasteiger partial charge in [0.15, 0.2) is 0 Å². The Bertz CT molecular complexity index is 321. The van der Waals surface area contributed by atoms with Gasteiger partial charge >= 0.3 is 0 Å². The van der Waals surface area contributed by atoms with Crippen LogP contribution in [-0.4, -0.2) is 65.7 Å². The maximum absolute atomic E-state index is 12.9. The van der Waals surface area contributed by atoms with Gasteiger partial charge in [-0.3, -0.25) is 9.69 Å². The number of aliphatic hydroxyl groups excluding tert-OH is 1. The summed E-state index contributed by atoms with van der Waals surface area (Å²) in [4.78, 5) is 17.2. The summed E-state index contributed by atoms with van der Waals surface area (Å²) in [6.45, 7) is 11.5. The first-order valence-electron chi connectivity index (χ1n) is 8.35. The van der Waals surface area contributed by atoms with Crippen LogP contribution in [0.25, 0.3) is 0 Å². The molecule has 1 amide bonds. The van der Waals surface area contributed by atoms with E-state index in [1.807, 2.05) is 11.8 Å². The minimum atomic E-state index is -0.398. The monoisotopic (exact) mass is 299 g/mol. The Morgan fingerprint density at radius 3 is 2.38 bits per heavy atom. The Morgan fingerprint density at radius 1 is 1.33 bits per heavy atom. The number of aliphatic hydroxyl groups is 1. The van der Waals surface area contributed by atoms with E-state index in [0.29, 0.717) is 19.1 Å². The van der Waals surface area contributed by atoms with Crippen molar-refractivity contribution in [3.63, 3.8) is 0 Å². The predicted molar refractivity (Wildman–Crippen MR) is 86.0 cm³/mol. The van der Waals surface area contributed by atoms with E-state index in [0.717, 1.165) is 38.9 Å². The molecule has 0 aromatic rings. The topological polar surface area (TPSA) is 69.8 Å². The molecule has 124 valence electrons. The van der Waals surface area contributed by atoms with Crippen LogP contribution in [0.3, 0.4) is 0 Å². The average Bonchev–Trinajstić information content (AvgIpc) is 2.49. The Morgan fingerprint density at radius 2 is 1.95 bits per heavy atom. The molecule has 5 heteroatoms. The summed E-state index contributed by atoms with van der Waals surface area (Å²) in [5.41, 5.74) is 5.51. The quantitative estimate of drug-likeness (QED) is 0.737. The van der Waals surface area contributed by atoms with Crippen LogP contribution in [0.2, 0.25) is 0 Å². The first-order valence-corrected chi connectivity index (χ1v) is 8.35. The zero-order valence-electron chi connectivity index (χ0n) is 14.1. The lowest BCUT2D eigenvalue weighted by Crippen LogP contribution is -2.59. The number of hydrogen-bond acceptors (Lipinski definition) is 4. The molecule has 1 aliphatic rings. The standard InChI is InChI=1S/C16H33N3O2/c1-5-14-11-19(9-8-18(14)10-13(4)20)15(21)16(6-2,7-3)12-17/h13-14,20H,5-12,17H2,1-4H3. The molecule has 0 spiro atoms. The first kappa shape index (κ1) is 18.4. The van der Waals surface area contributed by atoms with Crippen molar-refractivity contribution in [2.45, 2.75) is 59.1 Å². The molecular weight excluding hydrogens is 266 g/mol. The number of piperazine rings is 1. The van der Waals surface area contributed by atoms with Crippen molar-refractivity contribution in [3.8, 4) is 0 Å². The van der Waals surface area contributed by atoms with Gasteiger partial charge in [-0.05, 0) is 26.2 Å². The number of β-amino-alcohol motifs (C(OH)–C–C–N with tert-alkyl or cyclic N) is 1. The van der Waals surface area contributed by atoms with Crippen molar-refractivity contribution in [2.75, 3.05) is 32.7 Å². The number of amides is 1. The third-order valence-corrected chi connectivity index (χ3v) is 5.06. The number of nitrogens with two attached hydrogens (primary N) is 1. The third-order valence-electron chi connectivity index (χ3n) is 5.06. The van der Waals surface area contributed by atoms with Gasteiger partial charge in [-0.2, -0.15) is 0 Å². The highest BCUT2D eigenvalue weighted by atomic mass is 16.3. The van der Waals surface area contributed by atoms with Crippen LogP contribution in [0.4, 0.5) is 0 Å². The van der Waals surface area contributed by atoms with E-state index in [9.17, 15) is 9.90 Å². The number of rotatable bonds is 7. The Balaban J connectivity index is 2.77. The van der Waals surface area contributed by atoms with Gasteiger partial charge in [0.25, 0.3) is 0 Å². The molecule has 1 rings (SSSR count). The van der Waals surface area contributed by atoms with Crippen molar-refractivity contribution in [2.24, 2.45) is 11.1 Å². The average molecular weight is 299 g/mol.